The number of allylic oxidation sites excluding steroid dienone is 7. The average Bonchev–Trinajstić information content (AvgIpc) is 3.39. The summed E-state index contributed by atoms with van der Waals surface area (Å²) >= 11 is 1.47. The third kappa shape index (κ3) is 6.06. The highest BCUT2D eigenvalue weighted by Crippen LogP contribution is 2.38. The van der Waals surface area contributed by atoms with Gasteiger partial charge in [0, 0.05) is 17.2 Å². The zero-order valence-electron chi connectivity index (χ0n) is 20.8. The third-order valence-electron chi connectivity index (χ3n) is 6.98. The normalized spacial score (nSPS) is 16.0. The van der Waals surface area contributed by atoms with E-state index in [2.05, 4.69) is 77.2 Å². The predicted octanol–water partition coefficient (Wildman–Crippen LogP) is 7.65. The zero-order valence-corrected chi connectivity index (χ0v) is 21.6. The van der Waals surface area contributed by atoms with Crippen molar-refractivity contribution in [2.24, 2.45) is 4.40 Å². The maximum absolute atomic E-state index is 4.29. The van der Waals surface area contributed by atoms with Crippen molar-refractivity contribution >= 4 is 18.0 Å². The molecular formula is C34H33NS. The largest absolute Gasteiger partial charge is 0.212 e. The van der Waals surface area contributed by atoms with Crippen molar-refractivity contribution in [3.05, 3.63) is 141 Å². The van der Waals surface area contributed by atoms with Crippen LogP contribution in [0.3, 0.4) is 0 Å². The van der Waals surface area contributed by atoms with Gasteiger partial charge in [0.05, 0.1) is 5.36 Å². The molecule has 2 heteroatoms. The molecule has 1 nitrogen and oxygen atoms in total. The van der Waals surface area contributed by atoms with Crippen molar-refractivity contribution in [3.63, 3.8) is 0 Å². The van der Waals surface area contributed by atoms with E-state index in [1.807, 2.05) is 41.8 Å². The van der Waals surface area contributed by atoms with Crippen LogP contribution in [0.15, 0.2) is 113 Å². The molecule has 0 bridgehead atoms. The second-order valence-corrected chi connectivity index (χ2v) is 9.99. The number of rotatable bonds is 0. The summed E-state index contributed by atoms with van der Waals surface area (Å²) in [5, 5.41) is 4.22. The molecule has 3 aromatic carbocycles. The van der Waals surface area contributed by atoms with Gasteiger partial charge in [-0.25, -0.2) is 4.40 Å². The summed E-state index contributed by atoms with van der Waals surface area (Å²) in [7, 11) is 0. The quantitative estimate of drug-likeness (QED) is 0.297. The van der Waals surface area contributed by atoms with Gasteiger partial charge in [-0.15, -0.1) is 0 Å². The summed E-state index contributed by atoms with van der Waals surface area (Å²) in [5.74, 6) is 0. The van der Waals surface area contributed by atoms with Crippen LogP contribution in [0.4, 0.5) is 0 Å². The van der Waals surface area contributed by atoms with E-state index < -0.39 is 0 Å². The lowest BCUT2D eigenvalue weighted by molar-refractivity contribution is 0.676. The van der Waals surface area contributed by atoms with Gasteiger partial charge < -0.3 is 0 Å². The molecule has 0 atom stereocenters. The highest BCUT2D eigenvalue weighted by atomic mass is 32.2. The van der Waals surface area contributed by atoms with Crippen LogP contribution in [0.1, 0.15) is 41.5 Å². The summed E-state index contributed by atoms with van der Waals surface area (Å²) in [6.45, 7) is 0. The number of aryl methyl sites for hydroxylation is 2. The summed E-state index contributed by atoms with van der Waals surface area (Å²) < 4.78 is 4.29. The molecule has 7 rings (SSSR count). The molecule has 0 saturated carbocycles. The van der Waals surface area contributed by atoms with Gasteiger partial charge in [-0.3, -0.25) is 0 Å². The van der Waals surface area contributed by atoms with E-state index >= 15 is 0 Å². The Labute approximate surface area is 219 Å². The Morgan fingerprint density at radius 3 is 2.31 bits per heavy atom. The van der Waals surface area contributed by atoms with Crippen molar-refractivity contribution < 1.29 is 0 Å². The fourth-order valence-corrected chi connectivity index (χ4v) is 5.69. The van der Waals surface area contributed by atoms with Gasteiger partial charge in [0.1, 0.15) is 0 Å². The molecular weight excluding hydrogens is 454 g/mol. The van der Waals surface area contributed by atoms with Gasteiger partial charge in [0.25, 0.3) is 0 Å². The lowest BCUT2D eigenvalue weighted by atomic mass is 9.78. The van der Waals surface area contributed by atoms with Crippen LogP contribution in [-0.4, -0.2) is 0 Å². The number of nitrogens with zero attached hydrogens (tertiary/aromatic N) is 1. The molecule has 36 heavy (non-hydrogen) atoms. The summed E-state index contributed by atoms with van der Waals surface area (Å²) in [5.41, 5.74) is 9.49. The SMILES string of the molecule is C1=CC=CCC=C1.C1=CSN=c2ccccc2=C1.c1ccc2c(c1)CCc1c-2ccc2c1CCCC2. The maximum atomic E-state index is 4.29. The molecule has 4 aliphatic rings. The second kappa shape index (κ2) is 12.6. The van der Waals surface area contributed by atoms with Gasteiger partial charge in [-0.2, -0.15) is 0 Å². The zero-order chi connectivity index (χ0) is 24.4. The molecule has 180 valence electrons. The second-order valence-electron chi connectivity index (χ2n) is 9.32. The first-order valence-corrected chi connectivity index (χ1v) is 13.9. The Bertz CT molecular complexity index is 1420. The first kappa shape index (κ1) is 24.3. The Morgan fingerprint density at radius 2 is 1.39 bits per heavy atom. The molecule has 0 radical (unpaired) electrons. The van der Waals surface area contributed by atoms with Gasteiger partial charge in [-0.05, 0) is 89.8 Å². The van der Waals surface area contributed by atoms with Crippen LogP contribution in [0.5, 0.6) is 0 Å². The smallest absolute Gasteiger partial charge is 0.0789 e. The Morgan fingerprint density at radius 1 is 0.583 bits per heavy atom. The van der Waals surface area contributed by atoms with E-state index in [-0.39, 0.29) is 0 Å². The Kier molecular flexibility index (Phi) is 8.49. The van der Waals surface area contributed by atoms with Crippen molar-refractivity contribution in [1.29, 1.82) is 0 Å². The van der Waals surface area contributed by atoms with Crippen LogP contribution in [0.2, 0.25) is 0 Å². The minimum atomic E-state index is 1.06. The number of hydrogen-bond donors (Lipinski definition) is 0. The van der Waals surface area contributed by atoms with Crippen LogP contribution >= 0.6 is 11.9 Å². The first-order valence-electron chi connectivity index (χ1n) is 13.1. The Hall–Kier alpha value is -3.36. The number of benzene rings is 3. The lowest BCUT2D eigenvalue weighted by Gasteiger charge is -2.26. The van der Waals surface area contributed by atoms with Crippen molar-refractivity contribution in [1.82, 2.24) is 0 Å². The van der Waals surface area contributed by atoms with E-state index in [9.17, 15) is 0 Å². The van der Waals surface area contributed by atoms with Crippen molar-refractivity contribution in [2.75, 3.05) is 0 Å². The van der Waals surface area contributed by atoms with Crippen LogP contribution in [0, 0.1) is 0 Å². The fourth-order valence-electron chi connectivity index (χ4n) is 5.20. The van der Waals surface area contributed by atoms with Gasteiger partial charge in [0.15, 0.2) is 0 Å². The minimum Gasteiger partial charge on any atom is -0.212 e. The molecule has 0 fully saturated rings. The molecule has 3 aromatic rings. The molecule has 0 amide bonds. The van der Waals surface area contributed by atoms with Gasteiger partial charge in [-0.1, -0.05) is 103 Å². The topological polar surface area (TPSA) is 12.4 Å². The maximum Gasteiger partial charge on any atom is 0.0789 e. The van der Waals surface area contributed by atoms with E-state index in [4.69, 9.17) is 0 Å². The minimum absolute atomic E-state index is 1.06. The van der Waals surface area contributed by atoms with Crippen LogP contribution in [0.25, 0.3) is 17.2 Å². The summed E-state index contributed by atoms with van der Waals surface area (Å²) in [4.78, 5) is 0. The average molecular weight is 488 g/mol. The third-order valence-corrected chi connectivity index (χ3v) is 7.56. The monoisotopic (exact) mass is 487 g/mol. The van der Waals surface area contributed by atoms with Crippen LogP contribution in [-0.2, 0) is 25.7 Å². The van der Waals surface area contributed by atoms with E-state index in [0.717, 1.165) is 11.8 Å². The highest BCUT2D eigenvalue weighted by Gasteiger charge is 2.21. The fraction of sp³-hybridized carbons (Fsp3) is 0.206. The number of fused-ring (bicyclic) bond motifs is 6. The molecule has 0 N–H and O–H groups in total. The molecule has 0 saturated heterocycles. The molecule has 1 heterocycles. The number of hydrogen-bond acceptors (Lipinski definition) is 2. The molecule has 3 aliphatic carbocycles. The van der Waals surface area contributed by atoms with E-state index in [1.165, 1.54) is 72.4 Å². The first-order chi connectivity index (χ1) is 17.9. The predicted molar refractivity (Wildman–Crippen MR) is 156 cm³/mol. The van der Waals surface area contributed by atoms with Crippen molar-refractivity contribution in [3.8, 4) is 11.1 Å². The van der Waals surface area contributed by atoms with Crippen molar-refractivity contribution in [2.45, 2.75) is 44.9 Å². The molecule has 1 aliphatic heterocycles. The molecule has 0 aromatic heterocycles. The summed E-state index contributed by atoms with van der Waals surface area (Å²) in [6.07, 6.45) is 25.4. The highest BCUT2D eigenvalue weighted by molar-refractivity contribution is 8.00. The van der Waals surface area contributed by atoms with E-state index in [0.29, 0.717) is 0 Å². The van der Waals surface area contributed by atoms with E-state index in [1.54, 1.807) is 16.7 Å². The molecule has 0 unspecified atom stereocenters. The van der Waals surface area contributed by atoms with Gasteiger partial charge in [0.2, 0.25) is 0 Å². The van der Waals surface area contributed by atoms with Gasteiger partial charge >= 0.3 is 0 Å². The molecule has 0 spiro atoms. The van der Waals surface area contributed by atoms with Crippen LogP contribution < -0.4 is 10.6 Å². The standard InChI is InChI=1S/C18H18.C9H7NS.C7H8/c1-3-7-15-13(5-1)9-11-18-16-8-4-2-6-14(16)10-12-17(15)18;1-2-6-9-8(4-1)5-3-7-11-10-9;1-2-4-6-7-5-3-1/h1,3,5,7,10,12H,2,4,6,8-9,11H2;1-7H;1-6H,7H2. The Balaban J connectivity index is 0.000000126. The lowest BCUT2D eigenvalue weighted by Crippen LogP contribution is -2.22. The summed E-state index contributed by atoms with van der Waals surface area (Å²) in [6, 6.07) is 21.8.